The van der Waals surface area contributed by atoms with Crippen molar-refractivity contribution in [3.63, 3.8) is 0 Å². The van der Waals surface area contributed by atoms with Crippen molar-refractivity contribution in [1.29, 1.82) is 0 Å². The summed E-state index contributed by atoms with van der Waals surface area (Å²) >= 11 is 0. The first kappa shape index (κ1) is 18.2. The monoisotopic (exact) mass is 361 g/mol. The SMILES string of the molecule is CCCOc1ccc(S(=O)(=O)N[C@@H]2CCCC[C@H]2C)c2ccccc12. The fourth-order valence-electron chi connectivity index (χ4n) is 3.57. The van der Waals surface area contributed by atoms with Crippen LogP contribution >= 0.6 is 0 Å². The van der Waals surface area contributed by atoms with Gasteiger partial charge in [-0.15, -0.1) is 0 Å². The Kier molecular flexibility index (Phi) is 5.64. The van der Waals surface area contributed by atoms with Crippen LogP contribution in [-0.2, 0) is 10.0 Å². The first-order valence-corrected chi connectivity index (χ1v) is 10.7. The first-order chi connectivity index (χ1) is 12.0. The lowest BCUT2D eigenvalue weighted by Gasteiger charge is -2.29. The van der Waals surface area contributed by atoms with Crippen LogP contribution in [0.15, 0.2) is 41.3 Å². The molecular weight excluding hydrogens is 334 g/mol. The van der Waals surface area contributed by atoms with Crippen molar-refractivity contribution in [1.82, 2.24) is 4.72 Å². The normalized spacial score (nSPS) is 21.4. The number of benzene rings is 2. The van der Waals surface area contributed by atoms with E-state index in [1.165, 1.54) is 6.42 Å². The van der Waals surface area contributed by atoms with Crippen LogP contribution < -0.4 is 9.46 Å². The van der Waals surface area contributed by atoms with Crippen LogP contribution in [0.5, 0.6) is 5.75 Å². The highest BCUT2D eigenvalue weighted by molar-refractivity contribution is 7.89. The summed E-state index contributed by atoms with van der Waals surface area (Å²) in [6.45, 7) is 4.80. The Labute approximate surface area is 150 Å². The van der Waals surface area contributed by atoms with E-state index in [-0.39, 0.29) is 6.04 Å². The molecule has 0 aliphatic heterocycles. The number of fused-ring (bicyclic) bond motifs is 1. The van der Waals surface area contributed by atoms with Crippen molar-refractivity contribution in [3.8, 4) is 5.75 Å². The van der Waals surface area contributed by atoms with Crippen molar-refractivity contribution < 1.29 is 13.2 Å². The zero-order valence-electron chi connectivity index (χ0n) is 15.0. The molecule has 25 heavy (non-hydrogen) atoms. The molecule has 0 radical (unpaired) electrons. The zero-order valence-corrected chi connectivity index (χ0v) is 15.8. The smallest absolute Gasteiger partial charge is 0.241 e. The maximum atomic E-state index is 13.0. The Morgan fingerprint density at radius 2 is 1.80 bits per heavy atom. The van der Waals surface area contributed by atoms with Crippen molar-refractivity contribution in [2.24, 2.45) is 5.92 Å². The van der Waals surface area contributed by atoms with E-state index in [9.17, 15) is 8.42 Å². The lowest BCUT2D eigenvalue weighted by atomic mass is 9.87. The van der Waals surface area contributed by atoms with Crippen LogP contribution in [0.25, 0.3) is 10.8 Å². The van der Waals surface area contributed by atoms with Crippen molar-refractivity contribution in [2.45, 2.75) is 56.9 Å². The Balaban J connectivity index is 1.97. The number of hydrogen-bond acceptors (Lipinski definition) is 3. The van der Waals surface area contributed by atoms with Crippen molar-refractivity contribution in [3.05, 3.63) is 36.4 Å². The molecule has 5 heteroatoms. The minimum atomic E-state index is -3.56. The first-order valence-electron chi connectivity index (χ1n) is 9.20. The van der Waals surface area contributed by atoms with E-state index in [0.717, 1.165) is 36.8 Å². The molecule has 1 N–H and O–H groups in total. The molecule has 1 aliphatic carbocycles. The van der Waals surface area contributed by atoms with Gasteiger partial charge in [-0.05, 0) is 37.3 Å². The van der Waals surface area contributed by atoms with Crippen molar-refractivity contribution >= 4 is 20.8 Å². The predicted molar refractivity (Wildman–Crippen MR) is 101 cm³/mol. The Morgan fingerprint density at radius 3 is 2.52 bits per heavy atom. The van der Waals surface area contributed by atoms with Gasteiger partial charge in [0, 0.05) is 16.8 Å². The predicted octanol–water partition coefficient (Wildman–Crippen LogP) is 4.49. The van der Waals surface area contributed by atoms with E-state index >= 15 is 0 Å². The molecule has 2 aromatic carbocycles. The maximum absolute atomic E-state index is 13.0. The second-order valence-electron chi connectivity index (χ2n) is 6.95. The highest BCUT2D eigenvalue weighted by atomic mass is 32.2. The summed E-state index contributed by atoms with van der Waals surface area (Å²) in [5.74, 6) is 1.12. The molecule has 1 aliphatic rings. The fraction of sp³-hybridized carbons (Fsp3) is 0.500. The number of nitrogens with one attached hydrogen (secondary N) is 1. The molecule has 0 aromatic heterocycles. The van der Waals surface area contributed by atoms with E-state index in [1.807, 2.05) is 24.3 Å². The van der Waals surface area contributed by atoms with Gasteiger partial charge in [0.2, 0.25) is 10.0 Å². The highest BCUT2D eigenvalue weighted by Crippen LogP contribution is 2.32. The Hall–Kier alpha value is -1.59. The molecule has 2 atom stereocenters. The van der Waals surface area contributed by atoms with Gasteiger partial charge in [0.25, 0.3) is 0 Å². The second-order valence-corrected chi connectivity index (χ2v) is 8.63. The Morgan fingerprint density at radius 1 is 1.08 bits per heavy atom. The molecule has 136 valence electrons. The highest BCUT2D eigenvalue weighted by Gasteiger charge is 2.28. The second kappa shape index (κ2) is 7.75. The van der Waals surface area contributed by atoms with E-state index < -0.39 is 10.0 Å². The number of hydrogen-bond donors (Lipinski definition) is 1. The van der Waals surface area contributed by atoms with Gasteiger partial charge in [0.15, 0.2) is 0 Å². The van der Waals surface area contributed by atoms with Crippen LogP contribution in [0.3, 0.4) is 0 Å². The lowest BCUT2D eigenvalue weighted by molar-refractivity contribution is 0.310. The topological polar surface area (TPSA) is 55.4 Å². The molecule has 2 aromatic rings. The molecule has 4 nitrogen and oxygen atoms in total. The van der Waals surface area contributed by atoms with Gasteiger partial charge in [-0.2, -0.15) is 0 Å². The summed E-state index contributed by atoms with van der Waals surface area (Å²) < 4.78 is 34.8. The molecule has 1 saturated carbocycles. The van der Waals surface area contributed by atoms with Gasteiger partial charge in [0.1, 0.15) is 5.75 Å². The quantitative estimate of drug-likeness (QED) is 0.825. The third-order valence-corrected chi connectivity index (χ3v) is 6.56. The van der Waals surface area contributed by atoms with Gasteiger partial charge in [0.05, 0.1) is 11.5 Å². The number of sulfonamides is 1. The van der Waals surface area contributed by atoms with E-state index in [4.69, 9.17) is 4.74 Å². The molecule has 0 bridgehead atoms. The molecular formula is C20H27NO3S. The molecule has 3 rings (SSSR count). The maximum Gasteiger partial charge on any atom is 0.241 e. The van der Waals surface area contributed by atoms with Gasteiger partial charge < -0.3 is 4.74 Å². The van der Waals surface area contributed by atoms with E-state index in [2.05, 4.69) is 18.6 Å². The average Bonchev–Trinajstić information content (AvgIpc) is 2.61. The minimum Gasteiger partial charge on any atom is -0.493 e. The van der Waals surface area contributed by atoms with Gasteiger partial charge in [-0.3, -0.25) is 0 Å². The van der Waals surface area contributed by atoms with Crippen molar-refractivity contribution in [2.75, 3.05) is 6.61 Å². The molecule has 0 heterocycles. The summed E-state index contributed by atoms with van der Waals surface area (Å²) in [5.41, 5.74) is 0. The standard InChI is InChI=1S/C20H27NO3S/c1-3-14-24-19-12-13-20(17-10-6-5-9-16(17)19)25(22,23)21-18-11-7-4-8-15(18)2/h5-6,9-10,12-13,15,18,21H,3-4,7-8,11,14H2,1-2H3/t15-,18-/m1/s1. The fourth-order valence-corrected chi connectivity index (χ4v) is 5.16. The summed E-state index contributed by atoms with van der Waals surface area (Å²) in [6, 6.07) is 11.0. The van der Waals surface area contributed by atoms with E-state index in [1.54, 1.807) is 12.1 Å². The molecule has 0 amide bonds. The van der Waals surface area contributed by atoms with Crippen LogP contribution in [0.1, 0.15) is 46.0 Å². The Bertz CT molecular complexity index is 832. The van der Waals surface area contributed by atoms with E-state index in [0.29, 0.717) is 22.8 Å². The lowest BCUT2D eigenvalue weighted by Crippen LogP contribution is -2.41. The van der Waals surface area contributed by atoms with Crippen LogP contribution in [-0.4, -0.2) is 21.1 Å². The third-order valence-electron chi connectivity index (χ3n) is 5.01. The number of rotatable bonds is 6. The summed E-state index contributed by atoms with van der Waals surface area (Å²) in [6.07, 6.45) is 5.18. The number of ether oxygens (including phenoxy) is 1. The van der Waals surface area contributed by atoms with Crippen LogP contribution in [0.4, 0.5) is 0 Å². The summed E-state index contributed by atoms with van der Waals surface area (Å²) in [7, 11) is -3.56. The van der Waals surface area contributed by atoms with Gasteiger partial charge in [-0.25, -0.2) is 13.1 Å². The molecule has 0 unspecified atom stereocenters. The average molecular weight is 362 g/mol. The summed E-state index contributed by atoms with van der Waals surface area (Å²) in [5, 5.41) is 1.56. The van der Waals surface area contributed by atoms with Crippen LogP contribution in [0, 0.1) is 5.92 Å². The molecule has 1 fully saturated rings. The molecule has 0 spiro atoms. The third kappa shape index (κ3) is 3.98. The zero-order chi connectivity index (χ0) is 17.9. The minimum absolute atomic E-state index is 0.0218. The largest absolute Gasteiger partial charge is 0.493 e. The van der Waals surface area contributed by atoms with Gasteiger partial charge >= 0.3 is 0 Å². The van der Waals surface area contributed by atoms with Crippen LogP contribution in [0.2, 0.25) is 0 Å². The summed E-state index contributed by atoms with van der Waals surface area (Å²) in [4.78, 5) is 0.338. The molecule has 0 saturated heterocycles. The van der Waals surface area contributed by atoms with Gasteiger partial charge in [-0.1, -0.05) is 51.0 Å².